The molecule has 2 aromatic rings. The summed E-state index contributed by atoms with van der Waals surface area (Å²) >= 11 is 1.52. The largest absolute Gasteiger partial charge is 0.465 e. The minimum atomic E-state index is -0.366. The number of nitrogens with one attached hydrogen (secondary N) is 1. The second-order valence-corrected chi connectivity index (χ2v) is 8.10. The molecule has 3 rings (SSSR count). The van der Waals surface area contributed by atoms with Gasteiger partial charge in [0.05, 0.1) is 12.7 Å². The van der Waals surface area contributed by atoms with Gasteiger partial charge in [0, 0.05) is 10.4 Å². The molecule has 0 bridgehead atoms. The van der Waals surface area contributed by atoms with Crippen molar-refractivity contribution in [2.24, 2.45) is 0 Å². The summed E-state index contributed by atoms with van der Waals surface area (Å²) in [4.78, 5) is 26.2. The van der Waals surface area contributed by atoms with Gasteiger partial charge in [-0.1, -0.05) is 32.4 Å². The van der Waals surface area contributed by atoms with Crippen molar-refractivity contribution < 1.29 is 14.3 Å². The first kappa shape index (κ1) is 18.6. The van der Waals surface area contributed by atoms with Crippen LogP contribution in [0.2, 0.25) is 0 Å². The highest BCUT2D eigenvalue weighted by atomic mass is 32.1. The van der Waals surface area contributed by atoms with E-state index in [1.807, 2.05) is 24.3 Å². The maximum atomic E-state index is 12.7. The Morgan fingerprint density at radius 1 is 1.08 bits per heavy atom. The number of rotatable bonds is 4. The van der Waals surface area contributed by atoms with Gasteiger partial charge in [0.25, 0.3) is 5.91 Å². The number of hydrogen-bond donors (Lipinski definition) is 1. The molecular formula is C21H25NO3S. The zero-order chi connectivity index (χ0) is 18.7. The van der Waals surface area contributed by atoms with Crippen molar-refractivity contribution >= 4 is 28.2 Å². The highest BCUT2D eigenvalue weighted by molar-refractivity contribution is 7.17. The summed E-state index contributed by atoms with van der Waals surface area (Å²) in [6.45, 7) is 4.24. The molecule has 1 aliphatic carbocycles. The zero-order valence-electron chi connectivity index (χ0n) is 15.6. The number of amides is 1. The Morgan fingerprint density at radius 3 is 2.42 bits per heavy atom. The fraction of sp³-hybridized carbons (Fsp3) is 0.429. The number of anilines is 1. The van der Waals surface area contributed by atoms with Gasteiger partial charge in [-0.05, 0) is 54.9 Å². The van der Waals surface area contributed by atoms with Gasteiger partial charge in [-0.25, -0.2) is 4.79 Å². The summed E-state index contributed by atoms with van der Waals surface area (Å²) in [7, 11) is 1.39. The summed E-state index contributed by atoms with van der Waals surface area (Å²) in [5.74, 6) is -0.136. The van der Waals surface area contributed by atoms with Crippen molar-refractivity contribution in [3.05, 3.63) is 51.4 Å². The molecule has 0 atom stereocenters. The van der Waals surface area contributed by atoms with E-state index in [9.17, 15) is 9.59 Å². The van der Waals surface area contributed by atoms with Gasteiger partial charge in [-0.2, -0.15) is 0 Å². The van der Waals surface area contributed by atoms with Crippen LogP contribution < -0.4 is 5.32 Å². The third-order valence-electron chi connectivity index (χ3n) is 4.88. The lowest BCUT2D eigenvalue weighted by atomic mass is 10.0. The van der Waals surface area contributed by atoms with Gasteiger partial charge in [-0.15, -0.1) is 11.3 Å². The van der Waals surface area contributed by atoms with Crippen molar-refractivity contribution in [1.29, 1.82) is 0 Å². The van der Waals surface area contributed by atoms with E-state index in [0.29, 0.717) is 22.0 Å². The normalized spacial score (nSPS) is 13.8. The second kappa shape index (κ2) is 8.04. The number of hydrogen-bond acceptors (Lipinski definition) is 4. The Morgan fingerprint density at radius 2 is 1.77 bits per heavy atom. The SMILES string of the molecule is COC(=O)c1c(NC(=O)c2ccc(C(C)C)cc2)sc2c1CCCCC2. The lowest BCUT2D eigenvalue weighted by molar-refractivity contribution is 0.0601. The van der Waals surface area contributed by atoms with Gasteiger partial charge in [0.2, 0.25) is 0 Å². The number of aryl methyl sites for hydroxylation is 1. The molecule has 1 heterocycles. The van der Waals surface area contributed by atoms with Gasteiger partial charge in [0.15, 0.2) is 0 Å². The number of thiophene rings is 1. The third kappa shape index (κ3) is 3.83. The Kier molecular flexibility index (Phi) is 5.77. The molecule has 1 N–H and O–H groups in total. The molecule has 0 radical (unpaired) electrons. The van der Waals surface area contributed by atoms with Crippen LogP contribution in [0.5, 0.6) is 0 Å². The molecule has 0 fully saturated rings. The van der Waals surface area contributed by atoms with Gasteiger partial charge in [-0.3, -0.25) is 4.79 Å². The first-order valence-corrected chi connectivity index (χ1v) is 9.97. The quantitative estimate of drug-likeness (QED) is 0.595. The fourth-order valence-electron chi connectivity index (χ4n) is 3.34. The number of carbonyl (C=O) groups excluding carboxylic acids is 2. The van der Waals surface area contributed by atoms with E-state index in [4.69, 9.17) is 4.74 Å². The number of ether oxygens (including phenoxy) is 1. The Hall–Kier alpha value is -2.14. The number of methoxy groups -OCH3 is 1. The molecule has 1 aliphatic rings. The summed E-state index contributed by atoms with van der Waals surface area (Å²) in [5, 5.41) is 3.56. The van der Waals surface area contributed by atoms with Crippen LogP contribution in [0.25, 0.3) is 0 Å². The van der Waals surface area contributed by atoms with Gasteiger partial charge in [0.1, 0.15) is 5.00 Å². The summed E-state index contributed by atoms with van der Waals surface area (Å²) in [5.41, 5.74) is 3.39. The van der Waals surface area contributed by atoms with Crippen molar-refractivity contribution in [3.63, 3.8) is 0 Å². The van der Waals surface area contributed by atoms with Gasteiger partial charge < -0.3 is 10.1 Å². The van der Waals surface area contributed by atoms with Gasteiger partial charge >= 0.3 is 5.97 Å². The third-order valence-corrected chi connectivity index (χ3v) is 6.08. The lowest BCUT2D eigenvalue weighted by Crippen LogP contribution is -2.14. The Labute approximate surface area is 158 Å². The predicted octanol–water partition coefficient (Wildman–Crippen LogP) is 5.18. The van der Waals surface area contributed by atoms with Crippen molar-refractivity contribution in [2.45, 2.75) is 51.9 Å². The van der Waals surface area contributed by atoms with Crippen molar-refractivity contribution in [1.82, 2.24) is 0 Å². The molecule has 5 heteroatoms. The second-order valence-electron chi connectivity index (χ2n) is 6.99. The maximum Gasteiger partial charge on any atom is 0.341 e. The molecule has 4 nitrogen and oxygen atoms in total. The lowest BCUT2D eigenvalue weighted by Gasteiger charge is -2.09. The number of fused-ring (bicyclic) bond motifs is 1. The topological polar surface area (TPSA) is 55.4 Å². The fourth-order valence-corrected chi connectivity index (χ4v) is 4.62. The van der Waals surface area contributed by atoms with Crippen LogP contribution in [0.3, 0.4) is 0 Å². The summed E-state index contributed by atoms with van der Waals surface area (Å²) in [6, 6.07) is 7.62. The molecule has 0 aliphatic heterocycles. The van der Waals surface area contributed by atoms with Crippen molar-refractivity contribution in [2.75, 3.05) is 12.4 Å². The molecule has 26 heavy (non-hydrogen) atoms. The van der Waals surface area contributed by atoms with E-state index >= 15 is 0 Å². The Balaban J connectivity index is 1.89. The van der Waals surface area contributed by atoms with Crippen LogP contribution in [0.15, 0.2) is 24.3 Å². The first-order valence-electron chi connectivity index (χ1n) is 9.15. The average molecular weight is 372 g/mol. The number of esters is 1. The summed E-state index contributed by atoms with van der Waals surface area (Å²) < 4.78 is 4.99. The highest BCUT2D eigenvalue weighted by Gasteiger charge is 2.26. The molecule has 1 aromatic carbocycles. The predicted molar refractivity (Wildman–Crippen MR) is 105 cm³/mol. The standard InChI is InChI=1S/C21H25NO3S/c1-13(2)14-9-11-15(12-10-14)19(23)22-20-18(21(24)25-3)16-7-5-4-6-8-17(16)26-20/h9-13H,4-8H2,1-3H3,(H,22,23). The number of carbonyl (C=O) groups is 2. The molecule has 0 spiro atoms. The van der Waals surface area contributed by atoms with Crippen LogP contribution in [0.1, 0.15) is 75.7 Å². The maximum absolute atomic E-state index is 12.7. The molecular weight excluding hydrogens is 346 g/mol. The van der Waals surface area contributed by atoms with Crippen molar-refractivity contribution in [3.8, 4) is 0 Å². The molecule has 1 aromatic heterocycles. The first-order chi connectivity index (χ1) is 12.5. The van der Waals surface area contributed by atoms with Crippen LogP contribution in [0, 0.1) is 0 Å². The monoisotopic (exact) mass is 371 g/mol. The van der Waals surface area contributed by atoms with E-state index in [1.54, 1.807) is 0 Å². The van der Waals surface area contributed by atoms with E-state index in [-0.39, 0.29) is 11.9 Å². The van der Waals surface area contributed by atoms with E-state index in [1.165, 1.54) is 35.3 Å². The number of benzene rings is 1. The molecule has 0 saturated heterocycles. The van der Waals surface area contributed by atoms with E-state index < -0.39 is 0 Å². The molecule has 0 saturated carbocycles. The molecule has 1 amide bonds. The summed E-state index contributed by atoms with van der Waals surface area (Å²) in [6.07, 6.45) is 5.19. The van der Waals surface area contributed by atoms with E-state index in [2.05, 4.69) is 19.2 Å². The molecule has 138 valence electrons. The Bertz CT molecular complexity index is 805. The molecule has 0 unspecified atom stereocenters. The minimum Gasteiger partial charge on any atom is -0.465 e. The average Bonchev–Trinajstić information content (AvgIpc) is 2.81. The zero-order valence-corrected chi connectivity index (χ0v) is 16.4. The minimum absolute atomic E-state index is 0.193. The van der Waals surface area contributed by atoms with Crippen LogP contribution in [-0.4, -0.2) is 19.0 Å². The smallest absolute Gasteiger partial charge is 0.341 e. The van der Waals surface area contributed by atoms with E-state index in [0.717, 1.165) is 31.2 Å². The van der Waals surface area contributed by atoms with Crippen LogP contribution in [-0.2, 0) is 17.6 Å². The van der Waals surface area contributed by atoms with Crippen LogP contribution in [0.4, 0.5) is 5.00 Å². The highest BCUT2D eigenvalue weighted by Crippen LogP contribution is 2.38. The van der Waals surface area contributed by atoms with Crippen LogP contribution >= 0.6 is 11.3 Å².